The quantitative estimate of drug-likeness (QED) is 0.454. The van der Waals surface area contributed by atoms with Gasteiger partial charge in [0.15, 0.2) is 0 Å². The van der Waals surface area contributed by atoms with Crippen LogP contribution in [0, 0.1) is 5.82 Å². The minimum absolute atomic E-state index is 0.109. The first kappa shape index (κ1) is 20.1. The van der Waals surface area contributed by atoms with Crippen molar-refractivity contribution in [2.24, 2.45) is 0 Å². The average molecular weight is 436 g/mol. The van der Waals surface area contributed by atoms with Gasteiger partial charge in [-0.1, -0.05) is 6.07 Å². The topological polar surface area (TPSA) is 116 Å². The zero-order chi connectivity index (χ0) is 22.2. The van der Waals surface area contributed by atoms with Gasteiger partial charge < -0.3 is 14.6 Å². The Labute approximate surface area is 181 Å². The molecular formula is C22H21FN6O3. The summed E-state index contributed by atoms with van der Waals surface area (Å²) in [4.78, 5) is 33.9. The van der Waals surface area contributed by atoms with Crippen molar-refractivity contribution in [3.05, 3.63) is 52.6 Å². The van der Waals surface area contributed by atoms with E-state index in [9.17, 15) is 14.0 Å². The van der Waals surface area contributed by atoms with Crippen molar-refractivity contribution in [3.63, 3.8) is 0 Å². The summed E-state index contributed by atoms with van der Waals surface area (Å²) >= 11 is 0. The molecule has 1 aliphatic rings. The number of piperidine rings is 1. The maximum Gasteiger partial charge on any atom is 0.414 e. The lowest BCUT2D eigenvalue weighted by molar-refractivity contribution is 0.0661. The first-order valence-corrected chi connectivity index (χ1v) is 10.3. The van der Waals surface area contributed by atoms with Gasteiger partial charge in [-0.3, -0.25) is 10.1 Å². The summed E-state index contributed by atoms with van der Waals surface area (Å²) in [5.74, 6) is -0.191. The number of amides is 1. The summed E-state index contributed by atoms with van der Waals surface area (Å²) in [5, 5.41) is 9.97. The highest BCUT2D eigenvalue weighted by molar-refractivity contribution is 5.96. The third kappa shape index (κ3) is 3.92. The van der Waals surface area contributed by atoms with E-state index >= 15 is 0 Å². The minimum atomic E-state index is -0.553. The summed E-state index contributed by atoms with van der Waals surface area (Å²) in [5.41, 5.74) is 1.99. The number of hydrogen-bond donors (Lipinski definition) is 3. The molecule has 2 aromatic heterocycles. The van der Waals surface area contributed by atoms with Gasteiger partial charge in [0, 0.05) is 24.0 Å². The van der Waals surface area contributed by atoms with E-state index in [1.165, 1.54) is 18.2 Å². The van der Waals surface area contributed by atoms with Crippen molar-refractivity contribution in [2.45, 2.75) is 18.9 Å². The van der Waals surface area contributed by atoms with Crippen LogP contribution >= 0.6 is 0 Å². The van der Waals surface area contributed by atoms with Crippen LogP contribution in [0.1, 0.15) is 12.8 Å². The van der Waals surface area contributed by atoms with E-state index in [0.717, 1.165) is 25.9 Å². The number of H-pyrrole nitrogens is 2. The van der Waals surface area contributed by atoms with Crippen molar-refractivity contribution in [1.29, 1.82) is 0 Å². The molecule has 1 amide bonds. The summed E-state index contributed by atoms with van der Waals surface area (Å²) in [6.45, 7) is 1.78. The highest BCUT2D eigenvalue weighted by atomic mass is 19.1. The van der Waals surface area contributed by atoms with Gasteiger partial charge in [-0.2, -0.15) is 5.10 Å². The Balaban J connectivity index is 1.40. The molecule has 5 rings (SSSR count). The van der Waals surface area contributed by atoms with Crippen LogP contribution in [0.5, 0.6) is 0 Å². The lowest BCUT2D eigenvalue weighted by Gasteiger charge is -2.28. The number of hydrogen-bond acceptors (Lipinski definition) is 6. The van der Waals surface area contributed by atoms with Crippen molar-refractivity contribution in [1.82, 2.24) is 25.1 Å². The van der Waals surface area contributed by atoms with Gasteiger partial charge in [0.25, 0.3) is 5.56 Å². The second kappa shape index (κ2) is 8.04. The molecule has 32 heavy (non-hydrogen) atoms. The van der Waals surface area contributed by atoms with Crippen LogP contribution < -0.4 is 10.9 Å². The van der Waals surface area contributed by atoms with Crippen LogP contribution in [0.4, 0.5) is 15.1 Å². The standard InChI is InChI=1S/C22H21FN6O3/c1-29-8-6-14(7-9-29)32-22(31)26-21-24-17-5-2-12(10-18(17)25-21)19-16-11-13(23)3-4-15(16)20(30)28-27-19/h2-5,10-11,14H,6-9H2,1H3,(H,28,30)(H2,24,25,26,31). The molecule has 0 bridgehead atoms. The molecule has 1 saturated heterocycles. The Hall–Kier alpha value is -3.79. The zero-order valence-corrected chi connectivity index (χ0v) is 17.3. The molecule has 0 aliphatic carbocycles. The van der Waals surface area contributed by atoms with Crippen molar-refractivity contribution in [2.75, 3.05) is 25.5 Å². The Kier molecular flexibility index (Phi) is 5.06. The molecule has 3 N–H and O–H groups in total. The van der Waals surface area contributed by atoms with Gasteiger partial charge >= 0.3 is 6.09 Å². The van der Waals surface area contributed by atoms with Crippen LogP contribution in [0.15, 0.2) is 41.2 Å². The smallest absolute Gasteiger partial charge is 0.414 e. The van der Waals surface area contributed by atoms with Crippen molar-refractivity contribution < 1.29 is 13.9 Å². The minimum Gasteiger partial charge on any atom is -0.446 e. The number of carbonyl (C=O) groups excluding carboxylic acids is 1. The van der Waals surface area contributed by atoms with E-state index in [1.54, 1.807) is 18.2 Å². The number of aromatic nitrogens is 4. The third-order valence-electron chi connectivity index (χ3n) is 5.67. The van der Waals surface area contributed by atoms with Gasteiger partial charge in [0.05, 0.1) is 22.1 Å². The molecule has 4 aromatic rings. The molecule has 164 valence electrons. The van der Waals surface area contributed by atoms with Crippen LogP contribution in [-0.4, -0.2) is 57.4 Å². The molecule has 10 heteroatoms. The molecule has 0 unspecified atom stereocenters. The summed E-state index contributed by atoms with van der Waals surface area (Å²) < 4.78 is 19.3. The number of fused-ring (bicyclic) bond motifs is 2. The van der Waals surface area contributed by atoms with Crippen LogP contribution in [0.25, 0.3) is 33.1 Å². The Bertz CT molecular complexity index is 1370. The number of imidazole rings is 1. The molecule has 1 fully saturated rings. The number of benzene rings is 2. The zero-order valence-electron chi connectivity index (χ0n) is 17.3. The molecule has 3 heterocycles. The molecule has 0 atom stereocenters. The number of ether oxygens (including phenoxy) is 1. The van der Waals surface area contributed by atoms with Gasteiger partial charge in [-0.25, -0.2) is 19.3 Å². The van der Waals surface area contributed by atoms with Crippen LogP contribution in [0.3, 0.4) is 0 Å². The second-order valence-corrected chi connectivity index (χ2v) is 7.94. The maximum atomic E-state index is 13.8. The van der Waals surface area contributed by atoms with Gasteiger partial charge in [-0.05, 0) is 50.2 Å². The molecular weight excluding hydrogens is 415 g/mol. The Morgan fingerprint density at radius 2 is 2.00 bits per heavy atom. The van der Waals surface area contributed by atoms with Crippen LogP contribution in [0.2, 0.25) is 0 Å². The molecule has 2 aromatic carbocycles. The van der Waals surface area contributed by atoms with Gasteiger partial charge in [0.2, 0.25) is 5.95 Å². The molecule has 0 spiro atoms. The molecule has 0 saturated carbocycles. The normalized spacial score (nSPS) is 15.3. The molecule has 1 aliphatic heterocycles. The fourth-order valence-corrected chi connectivity index (χ4v) is 3.95. The van der Waals surface area contributed by atoms with Gasteiger partial charge in [-0.15, -0.1) is 0 Å². The average Bonchev–Trinajstić information content (AvgIpc) is 3.16. The Morgan fingerprint density at radius 1 is 1.19 bits per heavy atom. The number of carbonyl (C=O) groups is 1. The first-order chi connectivity index (χ1) is 15.5. The first-order valence-electron chi connectivity index (χ1n) is 10.3. The fourth-order valence-electron chi connectivity index (χ4n) is 3.95. The highest BCUT2D eigenvalue weighted by Gasteiger charge is 2.21. The second-order valence-electron chi connectivity index (χ2n) is 7.94. The Morgan fingerprint density at radius 3 is 2.81 bits per heavy atom. The van der Waals surface area contributed by atoms with E-state index in [2.05, 4.69) is 30.4 Å². The number of nitrogens with one attached hydrogen (secondary N) is 3. The largest absolute Gasteiger partial charge is 0.446 e. The SMILES string of the molecule is CN1CCC(OC(=O)Nc2nc3ccc(-c4n[nH]c(=O)c5ccc(F)cc45)cc3[nH]2)CC1. The van der Waals surface area contributed by atoms with E-state index in [-0.39, 0.29) is 17.6 Å². The number of likely N-dealkylation sites (tertiary alicyclic amines) is 1. The monoisotopic (exact) mass is 436 g/mol. The van der Waals surface area contributed by atoms with E-state index < -0.39 is 11.9 Å². The van der Waals surface area contributed by atoms with Gasteiger partial charge in [0.1, 0.15) is 11.9 Å². The lowest BCUT2D eigenvalue weighted by atomic mass is 10.0. The molecule has 9 nitrogen and oxygen atoms in total. The van der Waals surface area contributed by atoms with Crippen molar-refractivity contribution in [3.8, 4) is 11.3 Å². The third-order valence-corrected chi connectivity index (χ3v) is 5.67. The summed E-state index contributed by atoms with van der Waals surface area (Å²) in [7, 11) is 2.04. The predicted molar refractivity (Wildman–Crippen MR) is 118 cm³/mol. The summed E-state index contributed by atoms with van der Waals surface area (Å²) in [6.07, 6.45) is 0.937. The molecule has 0 radical (unpaired) electrons. The fraction of sp³-hybridized carbons (Fsp3) is 0.273. The number of aromatic amines is 2. The van der Waals surface area contributed by atoms with E-state index in [4.69, 9.17) is 4.74 Å². The highest BCUT2D eigenvalue weighted by Crippen LogP contribution is 2.28. The number of anilines is 1. The van der Waals surface area contributed by atoms with Crippen molar-refractivity contribution >= 4 is 33.8 Å². The van der Waals surface area contributed by atoms with Crippen LogP contribution in [-0.2, 0) is 4.74 Å². The summed E-state index contributed by atoms with van der Waals surface area (Å²) in [6, 6.07) is 9.27. The number of nitrogens with zero attached hydrogens (tertiary/aromatic N) is 3. The number of halogens is 1. The lowest BCUT2D eigenvalue weighted by Crippen LogP contribution is -2.36. The van der Waals surface area contributed by atoms with E-state index in [1.807, 2.05) is 7.05 Å². The van der Waals surface area contributed by atoms with E-state index in [0.29, 0.717) is 33.1 Å². The number of rotatable bonds is 3. The predicted octanol–water partition coefficient (Wildman–Crippen LogP) is 3.25. The maximum absolute atomic E-state index is 13.8.